The quantitative estimate of drug-likeness (QED) is 0.815. The van der Waals surface area contributed by atoms with Gasteiger partial charge in [0.15, 0.2) is 0 Å². The van der Waals surface area contributed by atoms with Gasteiger partial charge in [-0.3, -0.25) is 0 Å². The smallest absolute Gasteiger partial charge is 0.119 e. The summed E-state index contributed by atoms with van der Waals surface area (Å²) in [4.78, 5) is 0. The van der Waals surface area contributed by atoms with Crippen molar-refractivity contribution >= 4 is 0 Å². The summed E-state index contributed by atoms with van der Waals surface area (Å²) in [5, 5.41) is 10.6. The molecule has 1 aromatic rings. The first-order valence-electron chi connectivity index (χ1n) is 6.40. The fourth-order valence-corrected chi connectivity index (χ4v) is 2.22. The van der Waals surface area contributed by atoms with Crippen LogP contribution in [0.25, 0.3) is 0 Å². The Morgan fingerprint density at radius 3 is 2.47 bits per heavy atom. The second-order valence-electron chi connectivity index (χ2n) is 4.89. The van der Waals surface area contributed by atoms with Gasteiger partial charge >= 0.3 is 0 Å². The van der Waals surface area contributed by atoms with E-state index in [-0.39, 0.29) is 0 Å². The number of rotatable bonds is 6. The number of hydrogen-bond acceptors (Lipinski definition) is 2. The van der Waals surface area contributed by atoms with Gasteiger partial charge in [0, 0.05) is 0 Å². The Morgan fingerprint density at radius 2 is 1.94 bits per heavy atom. The molecule has 1 aromatic carbocycles. The van der Waals surface area contributed by atoms with E-state index in [1.165, 1.54) is 0 Å². The number of benzene rings is 1. The third-order valence-electron chi connectivity index (χ3n) is 3.53. The Labute approximate surface area is 105 Å². The topological polar surface area (TPSA) is 29.5 Å². The minimum absolute atomic E-state index is 0.566. The molecule has 0 saturated heterocycles. The lowest BCUT2D eigenvalue weighted by Crippen LogP contribution is -2.24. The van der Waals surface area contributed by atoms with Crippen molar-refractivity contribution in [3.05, 3.63) is 29.8 Å². The first-order chi connectivity index (χ1) is 8.03. The van der Waals surface area contributed by atoms with E-state index in [1.54, 1.807) is 7.11 Å². The monoisotopic (exact) mass is 236 g/mol. The summed E-state index contributed by atoms with van der Waals surface area (Å²) in [7, 11) is 1.65. The SMILES string of the molecule is CCC(CC)CC(C)(O)c1cccc(OC)c1. The summed E-state index contributed by atoms with van der Waals surface area (Å²) in [5.41, 5.74) is 0.161. The standard InChI is InChI=1S/C15H24O2/c1-5-12(6-2)11-15(3,16)13-8-7-9-14(10-13)17-4/h7-10,12,16H,5-6,11H2,1-4H3. The molecule has 1 atom stereocenters. The summed E-state index contributed by atoms with van der Waals surface area (Å²) >= 11 is 0. The van der Waals surface area contributed by atoms with E-state index >= 15 is 0 Å². The normalized spacial score (nSPS) is 14.7. The van der Waals surface area contributed by atoms with E-state index in [4.69, 9.17) is 4.74 Å². The maximum atomic E-state index is 10.6. The molecule has 1 rings (SSSR count). The molecule has 0 aliphatic rings. The van der Waals surface area contributed by atoms with E-state index in [1.807, 2.05) is 31.2 Å². The summed E-state index contributed by atoms with van der Waals surface area (Å²) in [6.45, 7) is 6.24. The molecule has 0 fully saturated rings. The lowest BCUT2D eigenvalue weighted by Gasteiger charge is -2.28. The van der Waals surface area contributed by atoms with E-state index in [2.05, 4.69) is 13.8 Å². The van der Waals surface area contributed by atoms with Gasteiger partial charge in [-0.25, -0.2) is 0 Å². The molecule has 0 aromatic heterocycles. The second-order valence-corrected chi connectivity index (χ2v) is 4.89. The molecule has 0 saturated carbocycles. The van der Waals surface area contributed by atoms with Crippen LogP contribution in [0.15, 0.2) is 24.3 Å². The van der Waals surface area contributed by atoms with Crippen molar-refractivity contribution in [1.29, 1.82) is 0 Å². The van der Waals surface area contributed by atoms with Crippen LogP contribution in [0.2, 0.25) is 0 Å². The highest BCUT2D eigenvalue weighted by atomic mass is 16.5. The first-order valence-corrected chi connectivity index (χ1v) is 6.40. The zero-order chi connectivity index (χ0) is 12.9. The van der Waals surface area contributed by atoms with Crippen molar-refractivity contribution < 1.29 is 9.84 Å². The van der Waals surface area contributed by atoms with Crippen molar-refractivity contribution in [2.45, 2.75) is 45.6 Å². The average Bonchev–Trinajstić information content (AvgIpc) is 2.36. The third kappa shape index (κ3) is 3.74. The molecule has 0 aliphatic carbocycles. The largest absolute Gasteiger partial charge is 0.497 e. The molecule has 0 heterocycles. The van der Waals surface area contributed by atoms with Crippen molar-refractivity contribution in [3.8, 4) is 5.75 Å². The Bertz CT molecular complexity index is 341. The van der Waals surface area contributed by atoms with Gasteiger partial charge in [0.05, 0.1) is 12.7 Å². The van der Waals surface area contributed by atoms with Crippen LogP contribution in [0.4, 0.5) is 0 Å². The van der Waals surface area contributed by atoms with Crippen LogP contribution in [0, 0.1) is 5.92 Å². The van der Waals surface area contributed by atoms with Crippen LogP contribution < -0.4 is 4.74 Å². The van der Waals surface area contributed by atoms with Gasteiger partial charge in [-0.1, -0.05) is 38.8 Å². The van der Waals surface area contributed by atoms with Gasteiger partial charge in [-0.15, -0.1) is 0 Å². The summed E-state index contributed by atoms with van der Waals surface area (Å²) in [6, 6.07) is 7.71. The van der Waals surface area contributed by atoms with Crippen LogP contribution in [-0.4, -0.2) is 12.2 Å². The predicted octanol–water partition coefficient (Wildman–Crippen LogP) is 3.73. The average molecular weight is 236 g/mol. The fourth-order valence-electron chi connectivity index (χ4n) is 2.22. The van der Waals surface area contributed by atoms with Gasteiger partial charge in [0.1, 0.15) is 5.75 Å². The highest BCUT2D eigenvalue weighted by molar-refractivity contribution is 5.31. The van der Waals surface area contributed by atoms with Gasteiger partial charge in [-0.2, -0.15) is 0 Å². The molecule has 1 unspecified atom stereocenters. The highest BCUT2D eigenvalue weighted by Gasteiger charge is 2.26. The lowest BCUT2D eigenvalue weighted by molar-refractivity contribution is 0.0284. The van der Waals surface area contributed by atoms with Crippen LogP contribution in [-0.2, 0) is 5.60 Å². The Morgan fingerprint density at radius 1 is 1.29 bits per heavy atom. The van der Waals surface area contributed by atoms with Crippen molar-refractivity contribution in [2.75, 3.05) is 7.11 Å². The second kappa shape index (κ2) is 6.06. The van der Waals surface area contributed by atoms with Crippen LogP contribution in [0.5, 0.6) is 5.75 Å². The van der Waals surface area contributed by atoms with Crippen LogP contribution in [0.3, 0.4) is 0 Å². The Balaban J connectivity index is 2.87. The van der Waals surface area contributed by atoms with E-state index in [9.17, 15) is 5.11 Å². The molecule has 2 heteroatoms. The predicted molar refractivity (Wildman–Crippen MR) is 71.3 cm³/mol. The molecular weight excluding hydrogens is 212 g/mol. The summed E-state index contributed by atoms with van der Waals surface area (Å²) < 4.78 is 5.20. The molecule has 0 amide bonds. The van der Waals surface area contributed by atoms with Gasteiger partial charge in [0.2, 0.25) is 0 Å². The van der Waals surface area contributed by atoms with Gasteiger partial charge < -0.3 is 9.84 Å². The molecule has 0 aliphatic heterocycles. The third-order valence-corrected chi connectivity index (χ3v) is 3.53. The van der Waals surface area contributed by atoms with Crippen LogP contribution in [0.1, 0.15) is 45.6 Å². The first kappa shape index (κ1) is 14.0. The number of methoxy groups -OCH3 is 1. The molecule has 96 valence electrons. The molecule has 0 spiro atoms. The molecule has 2 nitrogen and oxygen atoms in total. The fraction of sp³-hybridized carbons (Fsp3) is 0.600. The van der Waals surface area contributed by atoms with E-state index < -0.39 is 5.60 Å². The number of hydrogen-bond donors (Lipinski definition) is 1. The molecule has 1 N–H and O–H groups in total. The van der Waals surface area contributed by atoms with Gasteiger partial charge in [0.25, 0.3) is 0 Å². The maximum absolute atomic E-state index is 10.6. The zero-order valence-electron chi connectivity index (χ0n) is 11.4. The summed E-state index contributed by atoms with van der Waals surface area (Å²) in [5.74, 6) is 1.36. The van der Waals surface area contributed by atoms with Gasteiger partial charge in [-0.05, 0) is 37.0 Å². The van der Waals surface area contributed by atoms with Crippen molar-refractivity contribution in [1.82, 2.24) is 0 Å². The van der Waals surface area contributed by atoms with Crippen LogP contribution >= 0.6 is 0 Å². The van der Waals surface area contributed by atoms with Crippen molar-refractivity contribution in [3.63, 3.8) is 0 Å². The zero-order valence-corrected chi connectivity index (χ0v) is 11.4. The molecule has 17 heavy (non-hydrogen) atoms. The Kier molecular flexibility index (Phi) is 5.01. The van der Waals surface area contributed by atoms with E-state index in [0.29, 0.717) is 5.92 Å². The highest BCUT2D eigenvalue weighted by Crippen LogP contribution is 2.32. The summed E-state index contributed by atoms with van der Waals surface area (Å²) in [6.07, 6.45) is 3.01. The minimum Gasteiger partial charge on any atom is -0.497 e. The molecule has 0 bridgehead atoms. The molecule has 0 radical (unpaired) electrons. The number of aliphatic hydroxyl groups is 1. The van der Waals surface area contributed by atoms with E-state index in [0.717, 1.165) is 30.6 Å². The van der Waals surface area contributed by atoms with Crippen molar-refractivity contribution in [2.24, 2.45) is 5.92 Å². The molecular formula is C15H24O2. The maximum Gasteiger partial charge on any atom is 0.119 e. The lowest BCUT2D eigenvalue weighted by atomic mass is 9.84. The Hall–Kier alpha value is -1.02. The number of ether oxygens (including phenoxy) is 1. The minimum atomic E-state index is -0.773.